The van der Waals surface area contributed by atoms with Gasteiger partial charge in [0.1, 0.15) is 36.5 Å². The summed E-state index contributed by atoms with van der Waals surface area (Å²) < 4.78 is 31.6. The molecule has 1 aliphatic carbocycles. The third-order valence-corrected chi connectivity index (χ3v) is 15.2. The van der Waals surface area contributed by atoms with Gasteiger partial charge in [0.15, 0.2) is 5.78 Å². The van der Waals surface area contributed by atoms with Crippen molar-refractivity contribution in [2.24, 2.45) is 35.5 Å². The number of fused-ring (bicyclic) bond motifs is 3. The maximum absolute atomic E-state index is 14.5. The fourth-order valence-electron chi connectivity index (χ4n) is 10.7. The van der Waals surface area contributed by atoms with Gasteiger partial charge in [0.25, 0.3) is 11.7 Å². The summed E-state index contributed by atoms with van der Waals surface area (Å²) in [6, 6.07) is -1.19. The maximum atomic E-state index is 14.5. The molecule has 13 unspecified atom stereocenters. The first kappa shape index (κ1) is 55.7. The molecule has 17 nitrogen and oxygen atoms in total. The molecule has 2 bridgehead atoms. The molecule has 3 aliphatic heterocycles. The quantitative estimate of drug-likeness (QED) is 0.181. The molecular formula is C52H79N5O12. The maximum Gasteiger partial charge on any atom is 0.329 e. The van der Waals surface area contributed by atoms with Crippen LogP contribution < -0.4 is 0 Å². The van der Waals surface area contributed by atoms with E-state index in [1.807, 2.05) is 58.1 Å². The number of aliphatic hydroxyl groups is 2. The highest BCUT2D eigenvalue weighted by molar-refractivity contribution is 6.39. The standard InChI is InChI=1S/C52H79N5O12/c1-31-16-12-11-13-17-32(2)43(65-8)28-39-21-19-37(7)52(64,69-39)49(61)50(62)56-23-15-14-18-41(56)51(63)68-44(34(4)26-38-20-22-40(45(27-38)66-9)57-30-53-54-55-57)29-42(58)33(3)25-36(6)47(60)48(67-10)46(59)35(5)24-31/h11-13,16-17,25,30-31,33-35,37-41,43-45,47-48,60,64H,14-15,18-24,26-29H2,1-10H3/t31?,33?,34?,35?,37?,38?,39?,40?,41-,43?,44?,45?,47?,48?,52-/m0/s1. The molecular weight excluding hydrogens is 887 g/mol. The summed E-state index contributed by atoms with van der Waals surface area (Å²) in [4.78, 5) is 72.3. The van der Waals surface area contributed by atoms with E-state index >= 15 is 0 Å². The lowest BCUT2D eigenvalue weighted by molar-refractivity contribution is -0.265. The Labute approximate surface area is 408 Å². The van der Waals surface area contributed by atoms with Crippen LogP contribution in [0.4, 0.5) is 0 Å². The highest BCUT2D eigenvalue weighted by atomic mass is 16.6. The molecule has 1 aromatic rings. The van der Waals surface area contributed by atoms with Crippen LogP contribution in [-0.2, 0) is 47.7 Å². The normalized spacial score (nSPS) is 36.3. The number of ether oxygens (including phenoxy) is 5. The molecule has 69 heavy (non-hydrogen) atoms. The number of aliphatic hydroxyl groups excluding tert-OH is 1. The van der Waals surface area contributed by atoms with Gasteiger partial charge in [-0.05, 0) is 117 Å². The van der Waals surface area contributed by atoms with Crippen molar-refractivity contribution >= 4 is 29.2 Å². The number of piperidine rings is 1. The Hall–Kier alpha value is -4.26. The van der Waals surface area contributed by atoms with Gasteiger partial charge in [0.05, 0.1) is 24.4 Å². The summed E-state index contributed by atoms with van der Waals surface area (Å²) >= 11 is 0. The Balaban J connectivity index is 1.46. The number of methoxy groups -OCH3 is 3. The Morgan fingerprint density at radius 3 is 2.32 bits per heavy atom. The highest BCUT2D eigenvalue weighted by Crippen LogP contribution is 2.39. The lowest BCUT2D eigenvalue weighted by Gasteiger charge is -2.42. The molecule has 5 rings (SSSR count). The third kappa shape index (κ3) is 14.2. The molecule has 1 amide bonds. The summed E-state index contributed by atoms with van der Waals surface area (Å²) in [6.07, 6.45) is 13.9. The zero-order valence-electron chi connectivity index (χ0n) is 42.5. The first-order valence-electron chi connectivity index (χ1n) is 25.0. The van der Waals surface area contributed by atoms with Crippen LogP contribution in [0.15, 0.2) is 53.9 Å². The number of hydrogen-bond donors (Lipinski definition) is 2. The number of ketones is 3. The van der Waals surface area contributed by atoms with Crippen molar-refractivity contribution in [3.8, 4) is 0 Å². The second-order valence-corrected chi connectivity index (χ2v) is 20.4. The Kier molecular flexibility index (Phi) is 20.8. The van der Waals surface area contributed by atoms with E-state index in [1.54, 1.807) is 52.1 Å². The highest BCUT2D eigenvalue weighted by Gasteiger charge is 2.53. The molecule has 2 saturated heterocycles. The minimum atomic E-state index is -2.43. The Morgan fingerprint density at radius 1 is 0.884 bits per heavy atom. The molecule has 0 spiro atoms. The van der Waals surface area contributed by atoms with Crippen molar-refractivity contribution in [1.29, 1.82) is 0 Å². The number of cyclic esters (lactones) is 1. The van der Waals surface area contributed by atoms with Gasteiger partial charge in [0, 0.05) is 58.5 Å². The number of Topliss-reactive ketones (excluding diaryl/α,β-unsaturated/α-hetero) is 3. The number of carbonyl (C=O) groups excluding carboxylic acids is 5. The molecule has 0 radical (unpaired) electrons. The molecule has 384 valence electrons. The monoisotopic (exact) mass is 966 g/mol. The minimum absolute atomic E-state index is 0.0170. The number of carbonyl (C=O) groups is 5. The fourth-order valence-corrected chi connectivity index (χ4v) is 10.7. The topological polar surface area (TPSA) is 219 Å². The van der Waals surface area contributed by atoms with Crippen molar-refractivity contribution in [2.75, 3.05) is 27.9 Å². The van der Waals surface area contributed by atoms with Crippen LogP contribution in [0, 0.1) is 35.5 Å². The van der Waals surface area contributed by atoms with Crippen molar-refractivity contribution < 1.29 is 57.9 Å². The summed E-state index contributed by atoms with van der Waals surface area (Å²) in [5.74, 6) is -7.92. The lowest BCUT2D eigenvalue weighted by atomic mass is 9.77. The van der Waals surface area contributed by atoms with Gasteiger partial charge < -0.3 is 38.8 Å². The van der Waals surface area contributed by atoms with E-state index in [9.17, 15) is 34.2 Å². The number of aromatic nitrogens is 4. The first-order chi connectivity index (χ1) is 32.8. The number of amides is 1. The van der Waals surface area contributed by atoms with Crippen LogP contribution in [0.5, 0.6) is 0 Å². The van der Waals surface area contributed by atoms with Crippen LogP contribution in [0.3, 0.4) is 0 Å². The third-order valence-electron chi connectivity index (χ3n) is 15.2. The van der Waals surface area contributed by atoms with Crippen molar-refractivity contribution in [3.05, 3.63) is 53.9 Å². The van der Waals surface area contributed by atoms with Gasteiger partial charge in [-0.15, -0.1) is 5.10 Å². The van der Waals surface area contributed by atoms with E-state index in [2.05, 4.69) is 15.5 Å². The summed E-state index contributed by atoms with van der Waals surface area (Å²) in [5.41, 5.74) is 1.27. The van der Waals surface area contributed by atoms with Gasteiger partial charge in [-0.25, -0.2) is 9.48 Å². The lowest BCUT2D eigenvalue weighted by Crippen LogP contribution is -2.61. The van der Waals surface area contributed by atoms with E-state index in [0.717, 1.165) is 18.4 Å². The van der Waals surface area contributed by atoms with Gasteiger partial charge in [-0.2, -0.15) is 0 Å². The molecule has 4 heterocycles. The number of hydrogen-bond acceptors (Lipinski definition) is 15. The number of tetrazole rings is 1. The van der Waals surface area contributed by atoms with Crippen LogP contribution in [0.2, 0.25) is 0 Å². The molecule has 1 saturated carbocycles. The fraction of sp³-hybridized carbons (Fsp3) is 0.731. The Morgan fingerprint density at radius 2 is 1.64 bits per heavy atom. The average molecular weight is 966 g/mol. The van der Waals surface area contributed by atoms with Crippen LogP contribution in [0.1, 0.15) is 132 Å². The van der Waals surface area contributed by atoms with E-state index in [1.165, 1.54) is 12.0 Å². The molecule has 2 N–H and O–H groups in total. The molecule has 3 fully saturated rings. The van der Waals surface area contributed by atoms with Gasteiger partial charge in [-0.3, -0.25) is 19.2 Å². The van der Waals surface area contributed by atoms with E-state index in [4.69, 9.17) is 23.7 Å². The van der Waals surface area contributed by atoms with E-state index < -0.39 is 77.8 Å². The van der Waals surface area contributed by atoms with Crippen molar-refractivity contribution in [1.82, 2.24) is 25.1 Å². The predicted molar refractivity (Wildman–Crippen MR) is 256 cm³/mol. The predicted octanol–water partition coefficient (Wildman–Crippen LogP) is 6.05. The minimum Gasteiger partial charge on any atom is -0.460 e. The van der Waals surface area contributed by atoms with Crippen molar-refractivity contribution in [3.63, 3.8) is 0 Å². The van der Waals surface area contributed by atoms with Crippen molar-refractivity contribution in [2.45, 2.75) is 180 Å². The molecule has 1 aromatic heterocycles. The zero-order valence-corrected chi connectivity index (χ0v) is 42.5. The largest absolute Gasteiger partial charge is 0.460 e. The van der Waals surface area contributed by atoms with Gasteiger partial charge in [-0.1, -0.05) is 71.1 Å². The summed E-state index contributed by atoms with van der Waals surface area (Å²) in [6.45, 7) is 12.8. The van der Waals surface area contributed by atoms with E-state index in [0.29, 0.717) is 56.9 Å². The second kappa shape index (κ2) is 25.7. The Bertz CT molecular complexity index is 2020. The summed E-state index contributed by atoms with van der Waals surface area (Å²) in [5, 5.41) is 35.2. The van der Waals surface area contributed by atoms with Crippen LogP contribution in [0.25, 0.3) is 0 Å². The summed E-state index contributed by atoms with van der Waals surface area (Å²) in [7, 11) is 4.62. The SMILES string of the molecule is COC1CC2CCC(C)[C@](O)(O2)C(=O)C(=O)N2CCCC[C@H]2C(=O)OC(C(C)CC2CCC(n3cnnn3)C(OC)C2)CC(=O)C(C)C=C(C)C(O)C(OC)C(=O)C(C)CC(C)C=CC=CC=C1C. The first-order valence-corrected chi connectivity index (χ1v) is 25.0. The van der Waals surface area contributed by atoms with Gasteiger partial charge in [0.2, 0.25) is 5.79 Å². The number of allylic oxidation sites excluding steroid dienone is 6. The molecule has 4 aliphatic rings. The van der Waals surface area contributed by atoms with Gasteiger partial charge >= 0.3 is 5.97 Å². The number of nitrogens with zero attached hydrogens (tertiary/aromatic N) is 5. The average Bonchev–Trinajstić information content (AvgIpc) is 3.88. The number of rotatable bonds is 7. The molecule has 17 heteroatoms. The smallest absolute Gasteiger partial charge is 0.329 e. The zero-order chi connectivity index (χ0) is 50.6. The molecule has 15 atom stereocenters. The molecule has 0 aromatic carbocycles. The van der Waals surface area contributed by atoms with Crippen LogP contribution in [-0.4, -0.2) is 141 Å². The van der Waals surface area contributed by atoms with E-state index in [-0.39, 0.29) is 60.9 Å². The number of esters is 1. The second-order valence-electron chi connectivity index (χ2n) is 20.4. The van der Waals surface area contributed by atoms with Crippen LogP contribution >= 0.6 is 0 Å².